The highest BCUT2D eigenvalue weighted by molar-refractivity contribution is 5.89. The first-order valence-electron chi connectivity index (χ1n) is 8.48. The molecule has 3 aromatic heterocycles. The summed E-state index contributed by atoms with van der Waals surface area (Å²) in [7, 11) is 0. The lowest BCUT2D eigenvalue weighted by molar-refractivity contribution is 0.0696. The largest absolute Gasteiger partial charge is 0.478 e. The van der Waals surface area contributed by atoms with Crippen molar-refractivity contribution in [3.05, 3.63) is 48.7 Å². The van der Waals surface area contributed by atoms with Gasteiger partial charge in [0.2, 0.25) is 5.95 Å². The van der Waals surface area contributed by atoms with E-state index in [-0.39, 0.29) is 5.56 Å². The van der Waals surface area contributed by atoms with Gasteiger partial charge >= 0.3 is 5.97 Å². The van der Waals surface area contributed by atoms with Gasteiger partial charge in [0.1, 0.15) is 0 Å². The van der Waals surface area contributed by atoms with Crippen molar-refractivity contribution >= 4 is 11.9 Å². The Bertz CT molecular complexity index is 879. The molecule has 0 aliphatic heterocycles. The third kappa shape index (κ3) is 4.02. The zero-order chi connectivity index (χ0) is 18.4. The lowest BCUT2D eigenvalue weighted by Crippen LogP contribution is -2.09. The summed E-state index contributed by atoms with van der Waals surface area (Å²) in [5.74, 6) is 0.0418. The number of carbonyl (C=O) groups is 1. The number of nitrogens with zero attached hydrogens (tertiary/aromatic N) is 5. The molecule has 0 amide bonds. The van der Waals surface area contributed by atoms with Crippen LogP contribution < -0.4 is 5.32 Å². The van der Waals surface area contributed by atoms with E-state index in [9.17, 15) is 9.90 Å². The molecule has 8 heteroatoms. The lowest BCUT2D eigenvalue weighted by atomic mass is 10.1. The van der Waals surface area contributed by atoms with Gasteiger partial charge in [-0.25, -0.2) is 14.5 Å². The summed E-state index contributed by atoms with van der Waals surface area (Å²) < 4.78 is 1.63. The summed E-state index contributed by atoms with van der Waals surface area (Å²) in [5.41, 5.74) is 1.38. The Morgan fingerprint density at radius 3 is 2.88 bits per heavy atom. The molecule has 0 aliphatic carbocycles. The van der Waals surface area contributed by atoms with Crippen molar-refractivity contribution in [2.24, 2.45) is 0 Å². The van der Waals surface area contributed by atoms with Gasteiger partial charge in [-0.3, -0.25) is 4.98 Å². The molecular formula is C18H20N6O2. The van der Waals surface area contributed by atoms with Crippen LogP contribution in [0.2, 0.25) is 0 Å². The summed E-state index contributed by atoms with van der Waals surface area (Å²) in [6.07, 6.45) is 11.3. The number of carboxylic acid groups (broad SMARTS) is 1. The number of anilines is 1. The zero-order valence-electron chi connectivity index (χ0n) is 14.5. The minimum atomic E-state index is -1.03. The molecule has 134 valence electrons. The normalized spacial score (nSPS) is 10.7. The molecule has 0 atom stereocenters. The van der Waals surface area contributed by atoms with Crippen LogP contribution >= 0.6 is 0 Å². The van der Waals surface area contributed by atoms with Crippen LogP contribution in [0.1, 0.15) is 36.5 Å². The van der Waals surface area contributed by atoms with E-state index in [4.69, 9.17) is 0 Å². The van der Waals surface area contributed by atoms with Gasteiger partial charge in [0, 0.05) is 48.7 Å². The van der Waals surface area contributed by atoms with E-state index in [0.29, 0.717) is 22.9 Å². The van der Waals surface area contributed by atoms with Crippen LogP contribution in [0.25, 0.3) is 16.9 Å². The quantitative estimate of drug-likeness (QED) is 0.600. The fourth-order valence-electron chi connectivity index (χ4n) is 2.51. The Balaban J connectivity index is 1.97. The van der Waals surface area contributed by atoms with Crippen molar-refractivity contribution < 1.29 is 9.90 Å². The number of carboxylic acids is 1. The zero-order valence-corrected chi connectivity index (χ0v) is 14.5. The standard InChI is InChI=1S/C18H20N6O2/c1-2-3-4-6-20-18-21-12-15(16(23-18)24-8-5-7-22-24)13-9-14(17(25)26)11-19-10-13/h5,7-12H,2-4,6H2,1H3,(H,25,26)(H,20,21,23). The fraction of sp³-hybridized carbons (Fsp3) is 0.278. The molecule has 0 unspecified atom stereocenters. The molecular weight excluding hydrogens is 332 g/mol. The highest BCUT2D eigenvalue weighted by Crippen LogP contribution is 2.25. The van der Waals surface area contributed by atoms with Gasteiger partial charge in [-0.1, -0.05) is 19.8 Å². The molecule has 0 fully saturated rings. The van der Waals surface area contributed by atoms with Crippen molar-refractivity contribution in [2.75, 3.05) is 11.9 Å². The maximum absolute atomic E-state index is 11.2. The minimum absolute atomic E-state index is 0.107. The van der Waals surface area contributed by atoms with Gasteiger partial charge in [0.15, 0.2) is 5.82 Å². The van der Waals surface area contributed by atoms with Crippen molar-refractivity contribution in [3.8, 4) is 16.9 Å². The van der Waals surface area contributed by atoms with Gasteiger partial charge in [0.25, 0.3) is 0 Å². The Labute approximate surface area is 151 Å². The molecule has 0 aromatic carbocycles. The maximum Gasteiger partial charge on any atom is 0.337 e. The summed E-state index contributed by atoms with van der Waals surface area (Å²) >= 11 is 0. The molecule has 8 nitrogen and oxygen atoms in total. The van der Waals surface area contributed by atoms with Crippen LogP contribution in [0.4, 0.5) is 5.95 Å². The van der Waals surface area contributed by atoms with Gasteiger partial charge in [-0.15, -0.1) is 0 Å². The predicted molar refractivity (Wildman–Crippen MR) is 97.4 cm³/mol. The first-order chi connectivity index (χ1) is 12.7. The third-order valence-corrected chi connectivity index (χ3v) is 3.85. The van der Waals surface area contributed by atoms with E-state index in [0.717, 1.165) is 25.8 Å². The molecule has 0 aliphatic rings. The lowest BCUT2D eigenvalue weighted by Gasteiger charge is -2.11. The highest BCUT2D eigenvalue weighted by atomic mass is 16.4. The maximum atomic E-state index is 11.2. The average molecular weight is 352 g/mol. The number of pyridine rings is 1. The molecule has 0 saturated heterocycles. The molecule has 2 N–H and O–H groups in total. The van der Waals surface area contributed by atoms with Crippen LogP contribution in [-0.4, -0.2) is 42.4 Å². The van der Waals surface area contributed by atoms with E-state index in [1.165, 1.54) is 6.20 Å². The van der Waals surface area contributed by atoms with E-state index < -0.39 is 5.97 Å². The van der Waals surface area contributed by atoms with E-state index >= 15 is 0 Å². The Hall–Kier alpha value is -3.29. The molecule has 0 spiro atoms. The first kappa shape index (κ1) is 17.5. The minimum Gasteiger partial charge on any atom is -0.478 e. The number of aromatic nitrogens is 5. The molecule has 26 heavy (non-hydrogen) atoms. The molecule has 0 radical (unpaired) electrons. The predicted octanol–water partition coefficient (Wildman–Crippen LogP) is 3.02. The SMILES string of the molecule is CCCCCNc1ncc(-c2cncc(C(=O)O)c2)c(-n2cccn2)n1. The Morgan fingerprint density at radius 2 is 2.15 bits per heavy atom. The molecule has 3 heterocycles. The number of unbranched alkanes of at least 4 members (excludes halogenated alkanes) is 2. The Kier molecular flexibility index (Phi) is 5.52. The van der Waals surface area contributed by atoms with Gasteiger partial charge < -0.3 is 10.4 Å². The van der Waals surface area contributed by atoms with Crippen LogP contribution in [0.3, 0.4) is 0 Å². The van der Waals surface area contributed by atoms with Gasteiger partial charge in [-0.2, -0.15) is 10.1 Å². The van der Waals surface area contributed by atoms with E-state index in [2.05, 4.69) is 32.3 Å². The smallest absolute Gasteiger partial charge is 0.337 e. The number of hydrogen-bond donors (Lipinski definition) is 2. The monoisotopic (exact) mass is 352 g/mol. The second-order valence-electron chi connectivity index (χ2n) is 5.78. The summed E-state index contributed by atoms with van der Waals surface area (Å²) in [4.78, 5) is 24.2. The molecule has 0 bridgehead atoms. The second-order valence-corrected chi connectivity index (χ2v) is 5.78. The molecule has 3 aromatic rings. The Morgan fingerprint density at radius 1 is 1.27 bits per heavy atom. The number of hydrogen-bond acceptors (Lipinski definition) is 6. The van der Waals surface area contributed by atoms with Crippen molar-refractivity contribution in [1.82, 2.24) is 24.7 Å². The average Bonchev–Trinajstić information content (AvgIpc) is 3.20. The molecule has 3 rings (SSSR count). The second kappa shape index (κ2) is 8.19. The van der Waals surface area contributed by atoms with Crippen molar-refractivity contribution in [1.29, 1.82) is 0 Å². The van der Waals surface area contributed by atoms with Crippen LogP contribution in [0, 0.1) is 0 Å². The number of nitrogens with one attached hydrogen (secondary N) is 1. The molecule has 0 saturated carbocycles. The third-order valence-electron chi connectivity index (χ3n) is 3.85. The fourth-order valence-corrected chi connectivity index (χ4v) is 2.51. The van der Waals surface area contributed by atoms with Crippen LogP contribution in [0.5, 0.6) is 0 Å². The van der Waals surface area contributed by atoms with E-state index in [1.54, 1.807) is 41.6 Å². The summed E-state index contributed by atoms with van der Waals surface area (Å²) in [5, 5.41) is 16.7. The first-order valence-corrected chi connectivity index (χ1v) is 8.48. The topological polar surface area (TPSA) is 106 Å². The number of aromatic carboxylic acids is 1. The van der Waals surface area contributed by atoms with Gasteiger partial charge in [0.05, 0.1) is 5.56 Å². The summed E-state index contributed by atoms with van der Waals surface area (Å²) in [6.45, 7) is 2.95. The highest BCUT2D eigenvalue weighted by Gasteiger charge is 2.14. The van der Waals surface area contributed by atoms with E-state index in [1.807, 2.05) is 0 Å². The van der Waals surface area contributed by atoms with Crippen molar-refractivity contribution in [2.45, 2.75) is 26.2 Å². The van der Waals surface area contributed by atoms with Gasteiger partial charge in [-0.05, 0) is 18.6 Å². The number of rotatable bonds is 8. The van der Waals surface area contributed by atoms with Crippen molar-refractivity contribution in [3.63, 3.8) is 0 Å². The summed E-state index contributed by atoms with van der Waals surface area (Å²) in [6, 6.07) is 3.35. The van der Waals surface area contributed by atoms with Crippen LogP contribution in [0.15, 0.2) is 43.1 Å². The van der Waals surface area contributed by atoms with Crippen LogP contribution in [-0.2, 0) is 0 Å².